The fourth-order valence-corrected chi connectivity index (χ4v) is 3.06. The van der Waals surface area contributed by atoms with Crippen molar-refractivity contribution in [2.75, 3.05) is 0 Å². The zero-order valence-corrected chi connectivity index (χ0v) is 13.6. The Morgan fingerprint density at radius 2 is 1.75 bits per heavy atom. The summed E-state index contributed by atoms with van der Waals surface area (Å²) in [5.74, 6) is -0.506. The van der Waals surface area contributed by atoms with Crippen LogP contribution in [0.3, 0.4) is 0 Å². The number of hydrogen-bond acceptors (Lipinski definition) is 2. The van der Waals surface area contributed by atoms with Crippen LogP contribution in [-0.2, 0) is 9.59 Å². The van der Waals surface area contributed by atoms with Gasteiger partial charge in [-0.2, -0.15) is 0 Å². The largest absolute Gasteiger partial charge is 0.481 e. The molecule has 4 nitrogen and oxygen atoms in total. The molecule has 0 aromatic carbocycles. The Morgan fingerprint density at radius 3 is 2.20 bits per heavy atom. The molecule has 1 aliphatic carbocycles. The van der Waals surface area contributed by atoms with Crippen LogP contribution in [-0.4, -0.2) is 23.0 Å². The zero-order chi connectivity index (χ0) is 15.7. The molecule has 1 fully saturated rings. The second-order valence-electron chi connectivity index (χ2n) is 7.23. The molecule has 0 aromatic heterocycles. The lowest BCUT2D eigenvalue weighted by atomic mass is 9.61. The van der Waals surface area contributed by atoms with Crippen LogP contribution in [0.2, 0.25) is 0 Å². The molecule has 0 aromatic rings. The van der Waals surface area contributed by atoms with Gasteiger partial charge in [0.05, 0.1) is 5.92 Å². The Labute approximate surface area is 122 Å². The molecular formula is C16H29NO3. The summed E-state index contributed by atoms with van der Waals surface area (Å²) in [6, 6.07) is 0.0781. The second kappa shape index (κ2) is 6.15. The third-order valence-corrected chi connectivity index (χ3v) is 5.48. The SMILES string of the molecule is CC(C)C(C)C(=O)NC1CCC(C(=O)O)C(C)(C)C1C. The highest BCUT2D eigenvalue weighted by atomic mass is 16.4. The highest BCUT2D eigenvalue weighted by molar-refractivity contribution is 5.79. The Morgan fingerprint density at radius 1 is 1.20 bits per heavy atom. The molecule has 4 unspecified atom stereocenters. The monoisotopic (exact) mass is 283 g/mol. The zero-order valence-electron chi connectivity index (χ0n) is 13.6. The van der Waals surface area contributed by atoms with E-state index >= 15 is 0 Å². The van der Waals surface area contributed by atoms with Gasteiger partial charge in [0.1, 0.15) is 0 Å². The lowest BCUT2D eigenvalue weighted by molar-refractivity contribution is -0.150. The van der Waals surface area contributed by atoms with Gasteiger partial charge in [-0.25, -0.2) is 0 Å². The summed E-state index contributed by atoms with van der Waals surface area (Å²) < 4.78 is 0. The molecule has 20 heavy (non-hydrogen) atoms. The summed E-state index contributed by atoms with van der Waals surface area (Å²) in [7, 11) is 0. The molecule has 4 atom stereocenters. The molecular weight excluding hydrogens is 254 g/mol. The average molecular weight is 283 g/mol. The highest BCUT2D eigenvalue weighted by Crippen LogP contribution is 2.45. The van der Waals surface area contributed by atoms with Crippen LogP contribution in [0, 0.1) is 29.1 Å². The minimum absolute atomic E-state index is 0.0116. The number of aliphatic carboxylic acids is 1. The minimum Gasteiger partial charge on any atom is -0.481 e. The first kappa shape index (κ1) is 17.0. The van der Waals surface area contributed by atoms with Crippen molar-refractivity contribution in [2.45, 2.75) is 60.4 Å². The van der Waals surface area contributed by atoms with Gasteiger partial charge in [0, 0.05) is 12.0 Å². The van der Waals surface area contributed by atoms with E-state index in [1.165, 1.54) is 0 Å². The van der Waals surface area contributed by atoms with Crippen molar-refractivity contribution >= 4 is 11.9 Å². The third kappa shape index (κ3) is 3.33. The molecule has 0 saturated heterocycles. The van der Waals surface area contributed by atoms with E-state index in [9.17, 15) is 14.7 Å². The van der Waals surface area contributed by atoms with Gasteiger partial charge in [-0.15, -0.1) is 0 Å². The molecule has 4 heteroatoms. The maximum absolute atomic E-state index is 12.2. The lowest BCUT2D eigenvalue weighted by Crippen LogP contribution is -2.53. The number of carbonyl (C=O) groups is 2. The predicted molar refractivity (Wildman–Crippen MR) is 79.2 cm³/mol. The third-order valence-electron chi connectivity index (χ3n) is 5.48. The first-order valence-electron chi connectivity index (χ1n) is 7.62. The van der Waals surface area contributed by atoms with E-state index in [-0.39, 0.29) is 35.1 Å². The number of amides is 1. The molecule has 1 amide bonds. The molecule has 2 N–H and O–H groups in total. The molecule has 0 spiro atoms. The summed E-state index contributed by atoms with van der Waals surface area (Å²) in [4.78, 5) is 23.6. The summed E-state index contributed by atoms with van der Waals surface area (Å²) in [6.45, 7) is 12.1. The Bertz CT molecular complexity index is 376. The van der Waals surface area contributed by atoms with Gasteiger partial charge in [0.2, 0.25) is 5.91 Å². The van der Waals surface area contributed by atoms with Crippen LogP contribution in [0.4, 0.5) is 0 Å². The Balaban J connectivity index is 2.76. The molecule has 1 aliphatic rings. The van der Waals surface area contributed by atoms with Gasteiger partial charge in [0.25, 0.3) is 0 Å². The van der Waals surface area contributed by atoms with Crippen molar-refractivity contribution < 1.29 is 14.7 Å². The number of hydrogen-bond donors (Lipinski definition) is 2. The molecule has 0 radical (unpaired) electrons. The van der Waals surface area contributed by atoms with E-state index in [4.69, 9.17) is 0 Å². The summed E-state index contributed by atoms with van der Waals surface area (Å²) in [5, 5.41) is 12.5. The Kier molecular flexibility index (Phi) is 5.22. The standard InChI is InChI=1S/C16H29NO3/c1-9(2)10(3)14(18)17-13-8-7-12(15(19)20)16(5,6)11(13)4/h9-13H,7-8H2,1-6H3,(H,17,18)(H,19,20). The van der Waals surface area contributed by atoms with Gasteiger partial charge in [0.15, 0.2) is 0 Å². The fourth-order valence-electron chi connectivity index (χ4n) is 3.06. The van der Waals surface area contributed by atoms with Crippen LogP contribution in [0.1, 0.15) is 54.4 Å². The summed E-state index contributed by atoms with van der Waals surface area (Å²) >= 11 is 0. The van der Waals surface area contributed by atoms with E-state index in [1.807, 2.05) is 34.6 Å². The summed E-state index contributed by atoms with van der Waals surface area (Å²) in [6.07, 6.45) is 1.38. The number of carboxylic acids is 1. The molecule has 116 valence electrons. The van der Waals surface area contributed by atoms with Crippen molar-refractivity contribution in [1.82, 2.24) is 5.32 Å². The van der Waals surface area contributed by atoms with Crippen LogP contribution in [0.5, 0.6) is 0 Å². The quantitative estimate of drug-likeness (QED) is 0.833. The minimum atomic E-state index is -0.720. The topological polar surface area (TPSA) is 66.4 Å². The average Bonchev–Trinajstić information content (AvgIpc) is 2.33. The van der Waals surface area contributed by atoms with Crippen LogP contribution >= 0.6 is 0 Å². The predicted octanol–water partition coefficient (Wildman–Crippen LogP) is 2.92. The number of carboxylic acid groups (broad SMARTS) is 1. The van der Waals surface area contributed by atoms with Crippen molar-refractivity contribution in [3.63, 3.8) is 0 Å². The van der Waals surface area contributed by atoms with Gasteiger partial charge in [-0.3, -0.25) is 9.59 Å². The van der Waals surface area contributed by atoms with Gasteiger partial charge < -0.3 is 10.4 Å². The van der Waals surface area contributed by atoms with Gasteiger partial charge in [-0.1, -0.05) is 41.5 Å². The molecule has 1 rings (SSSR count). The van der Waals surface area contributed by atoms with Crippen LogP contribution in [0.15, 0.2) is 0 Å². The van der Waals surface area contributed by atoms with Crippen molar-refractivity contribution in [1.29, 1.82) is 0 Å². The van der Waals surface area contributed by atoms with E-state index in [0.717, 1.165) is 6.42 Å². The maximum atomic E-state index is 12.2. The van der Waals surface area contributed by atoms with E-state index < -0.39 is 5.97 Å². The molecule has 0 bridgehead atoms. The first-order valence-corrected chi connectivity index (χ1v) is 7.62. The van der Waals surface area contributed by atoms with Crippen LogP contribution in [0.25, 0.3) is 0 Å². The van der Waals surface area contributed by atoms with E-state index in [0.29, 0.717) is 12.3 Å². The first-order chi connectivity index (χ1) is 9.09. The van der Waals surface area contributed by atoms with E-state index in [2.05, 4.69) is 12.2 Å². The van der Waals surface area contributed by atoms with Crippen molar-refractivity contribution in [3.8, 4) is 0 Å². The van der Waals surface area contributed by atoms with Gasteiger partial charge >= 0.3 is 5.97 Å². The number of rotatable bonds is 4. The second-order valence-corrected chi connectivity index (χ2v) is 7.23. The number of nitrogens with one attached hydrogen (secondary N) is 1. The fraction of sp³-hybridized carbons (Fsp3) is 0.875. The lowest BCUT2D eigenvalue weighted by Gasteiger charge is -2.46. The molecule has 1 saturated carbocycles. The van der Waals surface area contributed by atoms with Gasteiger partial charge in [-0.05, 0) is 30.1 Å². The highest BCUT2D eigenvalue weighted by Gasteiger charge is 2.46. The molecule has 0 heterocycles. The smallest absolute Gasteiger partial charge is 0.307 e. The van der Waals surface area contributed by atoms with Crippen LogP contribution < -0.4 is 5.32 Å². The Hall–Kier alpha value is -1.06. The molecule has 0 aliphatic heterocycles. The number of carbonyl (C=O) groups excluding carboxylic acids is 1. The van der Waals surface area contributed by atoms with Crippen molar-refractivity contribution in [2.24, 2.45) is 29.1 Å². The normalized spacial score (nSPS) is 30.9. The van der Waals surface area contributed by atoms with Crippen molar-refractivity contribution in [3.05, 3.63) is 0 Å². The van der Waals surface area contributed by atoms with E-state index in [1.54, 1.807) is 0 Å². The summed E-state index contributed by atoms with van der Waals surface area (Å²) in [5.41, 5.74) is -0.302. The maximum Gasteiger partial charge on any atom is 0.307 e.